The molecule has 0 aliphatic carbocycles. The van der Waals surface area contributed by atoms with Crippen LogP contribution in [0.4, 0.5) is 5.69 Å². The SMILES string of the molecule is COc1cccc(NC(=O)[C@@H]2Sc3nnc(C)n3N[C@H]2c2ccccc2)c1. The molecule has 7 nitrogen and oxygen atoms in total. The van der Waals surface area contributed by atoms with Gasteiger partial charge in [0.25, 0.3) is 0 Å². The van der Waals surface area contributed by atoms with Gasteiger partial charge in [0.15, 0.2) is 0 Å². The largest absolute Gasteiger partial charge is 0.497 e. The van der Waals surface area contributed by atoms with Crippen molar-refractivity contribution in [3.05, 3.63) is 66.0 Å². The van der Waals surface area contributed by atoms with Crippen LogP contribution in [0, 0.1) is 6.92 Å². The van der Waals surface area contributed by atoms with E-state index in [4.69, 9.17) is 4.74 Å². The van der Waals surface area contributed by atoms with Gasteiger partial charge in [0.2, 0.25) is 11.1 Å². The lowest BCUT2D eigenvalue weighted by Crippen LogP contribution is -2.41. The van der Waals surface area contributed by atoms with Crippen LogP contribution in [0.25, 0.3) is 0 Å². The van der Waals surface area contributed by atoms with Gasteiger partial charge in [-0.1, -0.05) is 48.2 Å². The van der Waals surface area contributed by atoms with E-state index in [0.29, 0.717) is 16.6 Å². The molecule has 0 fully saturated rings. The van der Waals surface area contributed by atoms with Gasteiger partial charge in [-0.3, -0.25) is 4.79 Å². The van der Waals surface area contributed by atoms with Crippen LogP contribution in [0.15, 0.2) is 59.8 Å². The van der Waals surface area contributed by atoms with Crippen LogP contribution in [0.1, 0.15) is 17.4 Å². The molecule has 4 rings (SSSR count). The second-order valence-corrected chi connectivity index (χ2v) is 7.25. The summed E-state index contributed by atoms with van der Waals surface area (Å²) >= 11 is 1.40. The zero-order valence-corrected chi connectivity index (χ0v) is 15.7. The summed E-state index contributed by atoms with van der Waals surface area (Å²) in [4.78, 5) is 13.1. The number of anilines is 1. The van der Waals surface area contributed by atoms with Crippen molar-refractivity contribution >= 4 is 23.4 Å². The second kappa shape index (κ2) is 7.32. The van der Waals surface area contributed by atoms with Crippen LogP contribution in [0.3, 0.4) is 0 Å². The molecule has 2 atom stereocenters. The average Bonchev–Trinajstić information content (AvgIpc) is 3.08. The number of rotatable bonds is 4. The molecule has 0 saturated carbocycles. The number of methoxy groups -OCH3 is 1. The molecule has 1 amide bonds. The molecule has 0 radical (unpaired) electrons. The van der Waals surface area contributed by atoms with E-state index < -0.39 is 5.25 Å². The first-order valence-corrected chi connectivity index (χ1v) is 9.39. The Morgan fingerprint density at radius 2 is 2.00 bits per heavy atom. The van der Waals surface area contributed by atoms with E-state index in [-0.39, 0.29) is 11.9 Å². The number of thioether (sulfide) groups is 1. The summed E-state index contributed by atoms with van der Waals surface area (Å²) in [6, 6.07) is 17.0. The first-order chi connectivity index (χ1) is 13.2. The molecule has 2 N–H and O–H groups in total. The van der Waals surface area contributed by atoms with E-state index in [9.17, 15) is 4.79 Å². The molecule has 1 aliphatic heterocycles. The number of benzene rings is 2. The van der Waals surface area contributed by atoms with Crippen LogP contribution in [0.5, 0.6) is 5.75 Å². The number of nitrogens with one attached hydrogen (secondary N) is 2. The third-order valence-electron chi connectivity index (χ3n) is 4.35. The third kappa shape index (κ3) is 3.48. The number of hydrogen-bond donors (Lipinski definition) is 2. The van der Waals surface area contributed by atoms with Crippen molar-refractivity contribution in [1.82, 2.24) is 14.9 Å². The maximum absolute atomic E-state index is 13.1. The molecule has 27 heavy (non-hydrogen) atoms. The average molecular weight is 381 g/mol. The molecule has 1 aliphatic rings. The molecule has 1 aromatic heterocycles. The molecule has 3 aromatic rings. The third-order valence-corrected chi connectivity index (χ3v) is 5.57. The molecule has 0 bridgehead atoms. The molecule has 0 spiro atoms. The highest BCUT2D eigenvalue weighted by atomic mass is 32.2. The van der Waals surface area contributed by atoms with Gasteiger partial charge in [0, 0.05) is 11.8 Å². The fraction of sp³-hybridized carbons (Fsp3) is 0.211. The molecule has 2 heterocycles. The van der Waals surface area contributed by atoms with Crippen LogP contribution < -0.4 is 15.5 Å². The molecular weight excluding hydrogens is 362 g/mol. The first-order valence-electron chi connectivity index (χ1n) is 8.51. The summed E-state index contributed by atoms with van der Waals surface area (Å²) in [6.07, 6.45) is 0. The van der Waals surface area contributed by atoms with E-state index in [2.05, 4.69) is 20.9 Å². The minimum atomic E-state index is -0.408. The fourth-order valence-electron chi connectivity index (χ4n) is 2.99. The lowest BCUT2D eigenvalue weighted by Gasteiger charge is -2.32. The van der Waals surface area contributed by atoms with Gasteiger partial charge in [-0.15, -0.1) is 10.2 Å². The van der Waals surface area contributed by atoms with Crippen molar-refractivity contribution in [2.24, 2.45) is 0 Å². The summed E-state index contributed by atoms with van der Waals surface area (Å²) in [5, 5.41) is 11.5. The molecule has 0 saturated heterocycles. The van der Waals surface area contributed by atoms with Crippen molar-refractivity contribution in [2.45, 2.75) is 23.4 Å². The highest BCUT2D eigenvalue weighted by molar-refractivity contribution is 8.00. The smallest absolute Gasteiger partial charge is 0.240 e. The van der Waals surface area contributed by atoms with Crippen molar-refractivity contribution in [3.63, 3.8) is 0 Å². The fourth-order valence-corrected chi connectivity index (χ4v) is 4.11. The minimum absolute atomic E-state index is 0.110. The normalized spacial score (nSPS) is 18.3. The number of fused-ring (bicyclic) bond motifs is 1. The zero-order valence-electron chi connectivity index (χ0n) is 14.9. The number of carbonyl (C=O) groups is 1. The van der Waals surface area contributed by atoms with Crippen molar-refractivity contribution < 1.29 is 9.53 Å². The number of carbonyl (C=O) groups excluding carboxylic acids is 1. The summed E-state index contributed by atoms with van der Waals surface area (Å²) in [6.45, 7) is 1.88. The second-order valence-electron chi connectivity index (χ2n) is 6.14. The van der Waals surface area contributed by atoms with Crippen molar-refractivity contribution in [3.8, 4) is 5.75 Å². The predicted octanol–water partition coefficient (Wildman–Crippen LogP) is 2.99. The van der Waals surface area contributed by atoms with E-state index in [1.165, 1.54) is 11.8 Å². The summed E-state index contributed by atoms with van der Waals surface area (Å²) in [5.74, 6) is 1.34. The van der Waals surface area contributed by atoms with Gasteiger partial charge in [0.1, 0.15) is 16.8 Å². The Balaban J connectivity index is 1.64. The number of aromatic nitrogens is 3. The topological polar surface area (TPSA) is 81.1 Å². The summed E-state index contributed by atoms with van der Waals surface area (Å²) < 4.78 is 7.06. The maximum Gasteiger partial charge on any atom is 0.240 e. The van der Waals surface area contributed by atoms with E-state index in [1.807, 2.05) is 60.1 Å². The van der Waals surface area contributed by atoms with Gasteiger partial charge >= 0.3 is 0 Å². The Morgan fingerprint density at radius 3 is 2.78 bits per heavy atom. The van der Waals surface area contributed by atoms with Crippen molar-refractivity contribution in [1.29, 1.82) is 0 Å². The highest BCUT2D eigenvalue weighted by Gasteiger charge is 2.37. The Bertz CT molecular complexity index is 960. The Morgan fingerprint density at radius 1 is 1.19 bits per heavy atom. The number of ether oxygens (including phenoxy) is 1. The number of aryl methyl sites for hydroxylation is 1. The van der Waals surface area contributed by atoms with Gasteiger partial charge in [-0.2, -0.15) is 0 Å². The Labute approximate surface area is 161 Å². The monoisotopic (exact) mass is 381 g/mol. The van der Waals surface area contributed by atoms with E-state index in [0.717, 1.165) is 11.4 Å². The van der Waals surface area contributed by atoms with Gasteiger partial charge in [-0.05, 0) is 24.6 Å². The van der Waals surface area contributed by atoms with Crippen LogP contribution >= 0.6 is 11.8 Å². The van der Waals surface area contributed by atoms with Crippen LogP contribution in [-0.2, 0) is 4.79 Å². The quantitative estimate of drug-likeness (QED) is 0.723. The maximum atomic E-state index is 13.1. The Kier molecular flexibility index (Phi) is 4.72. The lowest BCUT2D eigenvalue weighted by molar-refractivity contribution is -0.116. The number of nitrogens with zero attached hydrogens (tertiary/aromatic N) is 3. The highest BCUT2D eigenvalue weighted by Crippen LogP contribution is 2.37. The standard InChI is InChI=1S/C19H19N5O2S/c1-12-21-22-19-24(12)23-16(13-7-4-3-5-8-13)17(27-19)18(25)20-14-9-6-10-15(11-14)26-2/h3-11,16-17,23H,1-2H3,(H,20,25)/t16-,17+/m0/s1. The zero-order chi connectivity index (χ0) is 18.8. The number of amides is 1. The van der Waals surface area contributed by atoms with Gasteiger partial charge < -0.3 is 15.5 Å². The number of hydrogen-bond acceptors (Lipinski definition) is 6. The lowest BCUT2D eigenvalue weighted by atomic mass is 10.0. The Hall–Kier alpha value is -3.00. The van der Waals surface area contributed by atoms with E-state index in [1.54, 1.807) is 13.2 Å². The molecule has 0 unspecified atom stereocenters. The van der Waals surface area contributed by atoms with Gasteiger partial charge in [-0.25, -0.2) is 4.68 Å². The first kappa shape index (κ1) is 17.4. The van der Waals surface area contributed by atoms with Crippen LogP contribution in [0.2, 0.25) is 0 Å². The minimum Gasteiger partial charge on any atom is -0.497 e. The van der Waals surface area contributed by atoms with Crippen LogP contribution in [-0.4, -0.2) is 33.1 Å². The predicted molar refractivity (Wildman–Crippen MR) is 105 cm³/mol. The summed E-state index contributed by atoms with van der Waals surface area (Å²) in [5.41, 5.74) is 5.10. The van der Waals surface area contributed by atoms with Crippen molar-refractivity contribution in [2.75, 3.05) is 17.9 Å². The molecule has 8 heteroatoms. The molecule has 2 aromatic carbocycles. The summed E-state index contributed by atoms with van der Waals surface area (Å²) in [7, 11) is 1.60. The molecular formula is C19H19N5O2S. The van der Waals surface area contributed by atoms with E-state index >= 15 is 0 Å². The molecule has 138 valence electrons. The van der Waals surface area contributed by atoms with Gasteiger partial charge in [0.05, 0.1) is 13.2 Å².